The topological polar surface area (TPSA) is 95.9 Å². The quantitative estimate of drug-likeness (QED) is 0.676. The maximum Gasteiger partial charge on any atom is 0.407 e. The molecule has 2 amide bonds. The molecule has 0 spiro atoms. The molecule has 2 aromatic rings. The van der Waals surface area contributed by atoms with Gasteiger partial charge in [0, 0.05) is 19.0 Å². The summed E-state index contributed by atoms with van der Waals surface area (Å²) in [5, 5.41) is 11.6. The number of hydrogen-bond donors (Lipinski definition) is 2. The minimum atomic E-state index is -0.969. The van der Waals surface area contributed by atoms with E-state index in [1.165, 1.54) is 4.90 Å². The summed E-state index contributed by atoms with van der Waals surface area (Å²) >= 11 is 0. The maximum atomic E-state index is 12.6. The number of rotatable bonds is 8. The number of amides is 2. The number of carboxylic acid groups (broad SMARTS) is 1. The van der Waals surface area contributed by atoms with Crippen molar-refractivity contribution in [3.8, 4) is 11.1 Å². The molecular weight excluding hydrogens is 396 g/mol. The van der Waals surface area contributed by atoms with Crippen molar-refractivity contribution >= 4 is 18.0 Å². The fourth-order valence-corrected chi connectivity index (χ4v) is 3.94. The Bertz CT molecular complexity index is 928. The van der Waals surface area contributed by atoms with E-state index < -0.39 is 24.0 Å². The molecule has 2 atom stereocenters. The van der Waals surface area contributed by atoms with Crippen LogP contribution in [-0.4, -0.2) is 53.7 Å². The molecule has 0 radical (unpaired) electrons. The van der Waals surface area contributed by atoms with Gasteiger partial charge in [-0.2, -0.15) is 0 Å². The number of carbonyl (C=O) groups is 3. The average Bonchev–Trinajstić information content (AvgIpc) is 3.09. The Morgan fingerprint density at radius 1 is 1.03 bits per heavy atom. The molecule has 1 aliphatic carbocycles. The molecule has 2 aromatic carbocycles. The van der Waals surface area contributed by atoms with Crippen LogP contribution in [0.3, 0.4) is 0 Å². The molecule has 2 N–H and O–H groups in total. The summed E-state index contributed by atoms with van der Waals surface area (Å²) in [5.41, 5.74) is 4.50. The summed E-state index contributed by atoms with van der Waals surface area (Å²) < 4.78 is 5.48. The van der Waals surface area contributed by atoms with Crippen LogP contribution in [0.1, 0.15) is 37.8 Å². The molecule has 0 aliphatic heterocycles. The first-order valence-corrected chi connectivity index (χ1v) is 10.5. The molecule has 0 fully saturated rings. The number of fused-ring (bicyclic) bond motifs is 3. The second-order valence-electron chi connectivity index (χ2n) is 7.81. The number of ether oxygens (including phenoxy) is 1. The Morgan fingerprint density at radius 3 is 2.10 bits per heavy atom. The normalized spacial score (nSPS) is 14.2. The van der Waals surface area contributed by atoms with Crippen molar-refractivity contribution in [1.82, 2.24) is 10.2 Å². The predicted molar refractivity (Wildman–Crippen MR) is 117 cm³/mol. The molecule has 164 valence electrons. The molecule has 0 aromatic heterocycles. The fraction of sp³-hybridized carbons (Fsp3) is 0.375. The molecule has 7 heteroatoms. The zero-order valence-electron chi connectivity index (χ0n) is 18.0. The maximum absolute atomic E-state index is 12.6. The van der Waals surface area contributed by atoms with E-state index in [-0.39, 0.29) is 25.0 Å². The monoisotopic (exact) mass is 424 g/mol. The van der Waals surface area contributed by atoms with Gasteiger partial charge >= 0.3 is 12.1 Å². The summed E-state index contributed by atoms with van der Waals surface area (Å²) in [5.74, 6) is -2.06. The Labute approximate surface area is 182 Å². The number of carbonyl (C=O) groups excluding carboxylic acids is 2. The zero-order valence-corrected chi connectivity index (χ0v) is 18.0. The van der Waals surface area contributed by atoms with Gasteiger partial charge in [-0.1, -0.05) is 55.5 Å². The van der Waals surface area contributed by atoms with Gasteiger partial charge in [-0.3, -0.25) is 9.59 Å². The molecule has 31 heavy (non-hydrogen) atoms. The molecule has 0 saturated carbocycles. The van der Waals surface area contributed by atoms with Gasteiger partial charge in [-0.05, 0) is 36.1 Å². The molecule has 3 rings (SSSR count). The molecule has 0 bridgehead atoms. The van der Waals surface area contributed by atoms with Crippen LogP contribution < -0.4 is 5.32 Å². The van der Waals surface area contributed by atoms with Crippen LogP contribution in [0.15, 0.2) is 48.5 Å². The van der Waals surface area contributed by atoms with Crippen molar-refractivity contribution < 1.29 is 24.2 Å². The highest BCUT2D eigenvalue weighted by Gasteiger charge is 2.30. The molecule has 0 heterocycles. The number of nitrogens with zero attached hydrogens (tertiary/aromatic N) is 1. The van der Waals surface area contributed by atoms with Crippen molar-refractivity contribution in [2.24, 2.45) is 5.92 Å². The SMILES string of the molecule is CCN(CC(C)C(=O)O)C(=O)[C@H](C)NC(=O)OCC1c2ccccc2-c2ccccc21. The zero-order chi connectivity index (χ0) is 22.5. The van der Waals surface area contributed by atoms with Crippen LogP contribution in [-0.2, 0) is 14.3 Å². The Hall–Kier alpha value is -3.35. The van der Waals surface area contributed by atoms with E-state index in [4.69, 9.17) is 9.84 Å². The number of aliphatic carboxylic acids is 1. The highest BCUT2D eigenvalue weighted by atomic mass is 16.5. The first-order chi connectivity index (χ1) is 14.8. The van der Waals surface area contributed by atoms with Crippen LogP contribution in [0, 0.1) is 5.92 Å². The second kappa shape index (κ2) is 9.64. The van der Waals surface area contributed by atoms with Gasteiger partial charge in [-0.25, -0.2) is 4.79 Å². The van der Waals surface area contributed by atoms with Crippen molar-refractivity contribution in [2.75, 3.05) is 19.7 Å². The lowest BCUT2D eigenvalue weighted by molar-refractivity contribution is -0.143. The van der Waals surface area contributed by atoms with E-state index in [1.54, 1.807) is 20.8 Å². The molecule has 1 unspecified atom stereocenters. The number of nitrogens with one attached hydrogen (secondary N) is 1. The van der Waals surface area contributed by atoms with Crippen LogP contribution in [0.4, 0.5) is 4.79 Å². The van der Waals surface area contributed by atoms with Gasteiger partial charge in [0.2, 0.25) is 5.91 Å². The van der Waals surface area contributed by atoms with Crippen molar-refractivity contribution in [2.45, 2.75) is 32.7 Å². The number of benzene rings is 2. The average molecular weight is 424 g/mol. The standard InChI is InChI=1S/C24H28N2O5/c1-4-26(13-15(2)23(28)29)22(27)16(3)25-24(30)31-14-21-19-11-7-5-9-17(19)18-10-6-8-12-20(18)21/h5-12,15-16,21H,4,13-14H2,1-3H3,(H,25,30)(H,28,29)/t15?,16-/m0/s1. The van der Waals surface area contributed by atoms with E-state index >= 15 is 0 Å². The van der Waals surface area contributed by atoms with Crippen LogP contribution in [0.5, 0.6) is 0 Å². The number of carboxylic acids is 1. The number of alkyl carbamates (subject to hydrolysis) is 1. The predicted octanol–water partition coefficient (Wildman–Crippen LogP) is 3.48. The highest BCUT2D eigenvalue weighted by molar-refractivity contribution is 5.86. The van der Waals surface area contributed by atoms with Gasteiger partial charge in [0.1, 0.15) is 12.6 Å². The molecule has 1 aliphatic rings. The summed E-state index contributed by atoms with van der Waals surface area (Å²) in [6, 6.07) is 15.3. The minimum Gasteiger partial charge on any atom is -0.481 e. The van der Waals surface area contributed by atoms with E-state index in [0.717, 1.165) is 22.3 Å². The largest absolute Gasteiger partial charge is 0.481 e. The summed E-state index contributed by atoms with van der Waals surface area (Å²) in [4.78, 5) is 37.5. The van der Waals surface area contributed by atoms with Gasteiger partial charge in [0.15, 0.2) is 0 Å². The second-order valence-corrected chi connectivity index (χ2v) is 7.81. The third-order valence-electron chi connectivity index (χ3n) is 5.66. The first-order valence-electron chi connectivity index (χ1n) is 10.5. The van der Waals surface area contributed by atoms with Crippen molar-refractivity contribution in [1.29, 1.82) is 0 Å². The fourth-order valence-electron chi connectivity index (χ4n) is 3.94. The third kappa shape index (κ3) is 4.87. The summed E-state index contributed by atoms with van der Waals surface area (Å²) in [7, 11) is 0. The summed E-state index contributed by atoms with van der Waals surface area (Å²) in [6.45, 7) is 5.48. The Morgan fingerprint density at radius 2 is 1.58 bits per heavy atom. The van der Waals surface area contributed by atoms with E-state index in [1.807, 2.05) is 36.4 Å². The van der Waals surface area contributed by atoms with E-state index in [2.05, 4.69) is 17.4 Å². The Balaban J connectivity index is 1.60. The van der Waals surface area contributed by atoms with E-state index in [9.17, 15) is 14.4 Å². The lowest BCUT2D eigenvalue weighted by Crippen LogP contribution is -2.48. The number of likely N-dealkylation sites (N-methyl/N-ethyl adjacent to an activating group) is 1. The van der Waals surface area contributed by atoms with Crippen LogP contribution in [0.25, 0.3) is 11.1 Å². The van der Waals surface area contributed by atoms with Crippen LogP contribution >= 0.6 is 0 Å². The first kappa shape index (κ1) is 22.3. The van der Waals surface area contributed by atoms with Crippen LogP contribution in [0.2, 0.25) is 0 Å². The van der Waals surface area contributed by atoms with E-state index in [0.29, 0.717) is 6.54 Å². The molecule has 7 nitrogen and oxygen atoms in total. The van der Waals surface area contributed by atoms with Crippen molar-refractivity contribution in [3.63, 3.8) is 0 Å². The van der Waals surface area contributed by atoms with Gasteiger partial charge in [-0.15, -0.1) is 0 Å². The van der Waals surface area contributed by atoms with Gasteiger partial charge < -0.3 is 20.1 Å². The van der Waals surface area contributed by atoms with Gasteiger partial charge in [0.05, 0.1) is 5.92 Å². The minimum absolute atomic E-state index is 0.0623. The Kier molecular flexibility index (Phi) is 6.95. The highest BCUT2D eigenvalue weighted by Crippen LogP contribution is 2.44. The summed E-state index contributed by atoms with van der Waals surface area (Å²) in [6.07, 6.45) is -0.676. The van der Waals surface area contributed by atoms with Crippen molar-refractivity contribution in [3.05, 3.63) is 59.7 Å². The molecular formula is C24H28N2O5. The lowest BCUT2D eigenvalue weighted by Gasteiger charge is -2.26. The lowest BCUT2D eigenvalue weighted by atomic mass is 9.98. The number of hydrogen-bond acceptors (Lipinski definition) is 4. The molecule has 0 saturated heterocycles. The third-order valence-corrected chi connectivity index (χ3v) is 5.66. The van der Waals surface area contributed by atoms with Gasteiger partial charge in [0.25, 0.3) is 0 Å². The smallest absolute Gasteiger partial charge is 0.407 e.